The molecule has 0 aliphatic carbocycles. The number of benzene rings is 2. The highest BCUT2D eigenvalue weighted by atomic mass is 16.5. The summed E-state index contributed by atoms with van der Waals surface area (Å²) < 4.78 is 15.9. The molecule has 1 atom stereocenters. The highest BCUT2D eigenvalue weighted by Crippen LogP contribution is 2.16. The van der Waals surface area contributed by atoms with Crippen molar-refractivity contribution in [2.24, 2.45) is 0 Å². The molecule has 1 unspecified atom stereocenters. The van der Waals surface area contributed by atoms with Crippen LogP contribution >= 0.6 is 0 Å². The van der Waals surface area contributed by atoms with Crippen molar-refractivity contribution < 1.29 is 23.8 Å². The Hall–Kier alpha value is -3.02. The van der Waals surface area contributed by atoms with Crippen LogP contribution in [-0.4, -0.2) is 31.7 Å². The number of aryl methyl sites for hydroxylation is 1. The fourth-order valence-corrected chi connectivity index (χ4v) is 2.37. The maximum atomic E-state index is 12.1. The third-order valence-electron chi connectivity index (χ3n) is 3.92. The molecule has 0 spiro atoms. The number of carbonyl (C=O) groups excluding carboxylic acids is 2. The minimum atomic E-state index is -0.883. The average molecular weight is 371 g/mol. The largest absolute Gasteiger partial charge is 0.496 e. The van der Waals surface area contributed by atoms with Gasteiger partial charge in [0.25, 0.3) is 5.91 Å². The van der Waals surface area contributed by atoms with E-state index in [1.165, 1.54) is 6.92 Å². The van der Waals surface area contributed by atoms with Gasteiger partial charge in [-0.15, -0.1) is 0 Å². The normalized spacial score (nSPS) is 11.4. The molecular weight excluding hydrogens is 346 g/mol. The maximum absolute atomic E-state index is 12.1. The second-order valence-electron chi connectivity index (χ2n) is 6.07. The van der Waals surface area contributed by atoms with Crippen LogP contribution in [-0.2, 0) is 20.9 Å². The first-order valence-corrected chi connectivity index (χ1v) is 8.78. The number of rotatable bonds is 9. The van der Waals surface area contributed by atoms with Gasteiger partial charge in [-0.2, -0.15) is 0 Å². The number of amides is 1. The quantitative estimate of drug-likeness (QED) is 0.686. The molecule has 0 radical (unpaired) electrons. The highest BCUT2D eigenvalue weighted by Gasteiger charge is 2.18. The second-order valence-corrected chi connectivity index (χ2v) is 6.07. The fourth-order valence-electron chi connectivity index (χ4n) is 2.37. The Morgan fingerprint density at radius 3 is 2.48 bits per heavy atom. The standard InChI is InChI=1S/C21H25NO5/c1-15-8-10-18(11-9-15)26-13-12-20(23)27-16(2)21(24)22-14-17-6-4-5-7-19(17)25-3/h4-11,16H,12-14H2,1-3H3,(H,22,24). The number of ether oxygens (including phenoxy) is 3. The van der Waals surface area contributed by atoms with Gasteiger partial charge in [-0.05, 0) is 32.0 Å². The van der Waals surface area contributed by atoms with Gasteiger partial charge in [-0.3, -0.25) is 9.59 Å². The predicted octanol–water partition coefficient (Wildman–Crippen LogP) is 3.02. The molecule has 2 aromatic rings. The third kappa shape index (κ3) is 6.66. The van der Waals surface area contributed by atoms with Gasteiger partial charge in [-0.1, -0.05) is 35.9 Å². The summed E-state index contributed by atoms with van der Waals surface area (Å²) in [6.45, 7) is 4.01. The summed E-state index contributed by atoms with van der Waals surface area (Å²) in [5, 5.41) is 2.74. The SMILES string of the molecule is COc1ccccc1CNC(=O)C(C)OC(=O)CCOc1ccc(C)cc1. The van der Waals surface area contributed by atoms with Crippen molar-refractivity contribution >= 4 is 11.9 Å². The van der Waals surface area contributed by atoms with Crippen molar-refractivity contribution in [3.05, 3.63) is 59.7 Å². The van der Waals surface area contributed by atoms with Crippen LogP contribution in [0.3, 0.4) is 0 Å². The van der Waals surface area contributed by atoms with E-state index in [2.05, 4.69) is 5.32 Å². The molecule has 0 bridgehead atoms. The Bertz CT molecular complexity index is 757. The fraction of sp³-hybridized carbons (Fsp3) is 0.333. The van der Waals surface area contributed by atoms with Crippen LogP contribution in [0.4, 0.5) is 0 Å². The van der Waals surface area contributed by atoms with Gasteiger partial charge in [0.2, 0.25) is 0 Å². The zero-order valence-corrected chi connectivity index (χ0v) is 15.9. The number of esters is 1. The van der Waals surface area contributed by atoms with Gasteiger partial charge in [-0.25, -0.2) is 0 Å². The van der Waals surface area contributed by atoms with E-state index >= 15 is 0 Å². The lowest BCUT2D eigenvalue weighted by atomic mass is 10.2. The summed E-state index contributed by atoms with van der Waals surface area (Å²) in [5.74, 6) is 0.530. The first-order chi connectivity index (χ1) is 13.0. The second kappa shape index (κ2) is 10.2. The summed E-state index contributed by atoms with van der Waals surface area (Å²) in [6.07, 6.45) is -0.815. The number of carbonyl (C=O) groups is 2. The molecule has 0 heterocycles. The van der Waals surface area contributed by atoms with Crippen LogP contribution in [0, 0.1) is 6.92 Å². The van der Waals surface area contributed by atoms with Crippen molar-refractivity contribution in [1.82, 2.24) is 5.32 Å². The molecule has 2 rings (SSSR count). The molecule has 1 amide bonds. The van der Waals surface area contributed by atoms with E-state index in [1.54, 1.807) is 7.11 Å². The Morgan fingerprint density at radius 2 is 1.78 bits per heavy atom. The number of hydrogen-bond donors (Lipinski definition) is 1. The minimum absolute atomic E-state index is 0.0675. The summed E-state index contributed by atoms with van der Waals surface area (Å²) in [5.41, 5.74) is 1.98. The van der Waals surface area contributed by atoms with E-state index < -0.39 is 12.1 Å². The first kappa shape index (κ1) is 20.3. The lowest BCUT2D eigenvalue weighted by molar-refractivity contribution is -0.155. The summed E-state index contributed by atoms with van der Waals surface area (Å²) in [6, 6.07) is 14.9. The van der Waals surface area contributed by atoms with Crippen LogP contribution < -0.4 is 14.8 Å². The van der Waals surface area contributed by atoms with Crippen LogP contribution in [0.1, 0.15) is 24.5 Å². The van der Waals surface area contributed by atoms with Gasteiger partial charge < -0.3 is 19.5 Å². The van der Waals surface area contributed by atoms with Crippen molar-refractivity contribution in [2.75, 3.05) is 13.7 Å². The number of hydrogen-bond acceptors (Lipinski definition) is 5. The molecule has 0 fully saturated rings. The minimum Gasteiger partial charge on any atom is -0.496 e. The summed E-state index contributed by atoms with van der Waals surface area (Å²) in [7, 11) is 1.57. The molecule has 0 aliphatic heterocycles. The zero-order valence-electron chi connectivity index (χ0n) is 15.9. The smallest absolute Gasteiger partial charge is 0.310 e. The van der Waals surface area contributed by atoms with Crippen molar-refractivity contribution in [2.45, 2.75) is 32.9 Å². The Balaban J connectivity index is 1.71. The molecule has 144 valence electrons. The molecule has 0 saturated carbocycles. The highest BCUT2D eigenvalue weighted by molar-refractivity contribution is 5.83. The molecule has 2 aromatic carbocycles. The monoisotopic (exact) mass is 371 g/mol. The van der Waals surface area contributed by atoms with Gasteiger partial charge in [0, 0.05) is 12.1 Å². The van der Waals surface area contributed by atoms with Crippen LogP contribution in [0.25, 0.3) is 0 Å². The van der Waals surface area contributed by atoms with Crippen molar-refractivity contribution in [3.63, 3.8) is 0 Å². The Morgan fingerprint density at radius 1 is 1.07 bits per heavy atom. The Labute approximate surface area is 159 Å². The van der Waals surface area contributed by atoms with E-state index in [-0.39, 0.29) is 18.9 Å². The lowest BCUT2D eigenvalue weighted by Gasteiger charge is -2.15. The van der Waals surface area contributed by atoms with Crippen molar-refractivity contribution in [1.29, 1.82) is 0 Å². The Kier molecular flexibility index (Phi) is 7.67. The first-order valence-electron chi connectivity index (χ1n) is 8.78. The van der Waals surface area contributed by atoms with Gasteiger partial charge in [0.15, 0.2) is 6.10 Å². The molecule has 0 aliphatic rings. The molecular formula is C21H25NO5. The van der Waals surface area contributed by atoms with Crippen LogP contribution in [0.5, 0.6) is 11.5 Å². The zero-order chi connectivity index (χ0) is 19.6. The number of nitrogens with one attached hydrogen (secondary N) is 1. The third-order valence-corrected chi connectivity index (χ3v) is 3.92. The van der Waals surface area contributed by atoms with E-state index in [0.717, 1.165) is 11.1 Å². The van der Waals surface area contributed by atoms with Crippen LogP contribution in [0.15, 0.2) is 48.5 Å². The van der Waals surface area contributed by atoms with Gasteiger partial charge in [0.05, 0.1) is 20.1 Å². The van der Waals surface area contributed by atoms with Crippen LogP contribution in [0.2, 0.25) is 0 Å². The molecule has 27 heavy (non-hydrogen) atoms. The molecule has 0 saturated heterocycles. The van der Waals surface area contributed by atoms with Crippen molar-refractivity contribution in [3.8, 4) is 11.5 Å². The molecule has 6 nitrogen and oxygen atoms in total. The van der Waals surface area contributed by atoms with Gasteiger partial charge in [0.1, 0.15) is 11.5 Å². The van der Waals surface area contributed by atoms with E-state index in [0.29, 0.717) is 18.0 Å². The van der Waals surface area contributed by atoms with Gasteiger partial charge >= 0.3 is 5.97 Å². The predicted molar refractivity (Wildman–Crippen MR) is 102 cm³/mol. The lowest BCUT2D eigenvalue weighted by Crippen LogP contribution is -2.35. The molecule has 0 aromatic heterocycles. The molecule has 1 N–H and O–H groups in total. The topological polar surface area (TPSA) is 73.9 Å². The van der Waals surface area contributed by atoms with E-state index in [4.69, 9.17) is 14.2 Å². The maximum Gasteiger partial charge on any atom is 0.310 e. The summed E-state index contributed by atoms with van der Waals surface area (Å²) in [4.78, 5) is 24.0. The van der Waals surface area contributed by atoms with E-state index in [1.807, 2.05) is 55.5 Å². The molecule has 6 heteroatoms. The van der Waals surface area contributed by atoms with E-state index in [9.17, 15) is 9.59 Å². The number of methoxy groups -OCH3 is 1. The average Bonchev–Trinajstić information content (AvgIpc) is 2.67. The summed E-state index contributed by atoms with van der Waals surface area (Å²) >= 11 is 0. The number of para-hydroxylation sites is 1.